The number of halogens is 1. The fourth-order valence-corrected chi connectivity index (χ4v) is 1.80. The maximum Gasteiger partial charge on any atom is 0.103 e. The van der Waals surface area contributed by atoms with Crippen molar-refractivity contribution in [2.45, 2.75) is 5.75 Å². The molecule has 1 aromatic heterocycles. The molecule has 0 N–H and O–H groups in total. The summed E-state index contributed by atoms with van der Waals surface area (Å²) in [5.74, 6) is 0.732. The molecule has 1 heterocycles. The van der Waals surface area contributed by atoms with E-state index < -0.39 is 0 Å². The van der Waals surface area contributed by atoms with Gasteiger partial charge in [0.2, 0.25) is 0 Å². The van der Waals surface area contributed by atoms with E-state index in [9.17, 15) is 0 Å². The summed E-state index contributed by atoms with van der Waals surface area (Å²) in [5.41, 5.74) is 0. The van der Waals surface area contributed by atoms with Gasteiger partial charge in [-0.05, 0) is 15.9 Å². The van der Waals surface area contributed by atoms with Gasteiger partial charge in [0.25, 0.3) is 0 Å². The topological polar surface area (TPSA) is 12.9 Å². The molecule has 4 heteroatoms. The van der Waals surface area contributed by atoms with Crippen molar-refractivity contribution < 1.29 is 0 Å². The molecule has 0 atom stereocenters. The second kappa shape index (κ2) is 2.85. The van der Waals surface area contributed by atoms with Crippen molar-refractivity contribution in [3.63, 3.8) is 0 Å². The number of hydrogen-bond acceptors (Lipinski definition) is 3. The Kier molecular flexibility index (Phi) is 2.34. The monoisotopic (exact) mass is 209 g/mol. The van der Waals surface area contributed by atoms with Gasteiger partial charge in [-0.25, -0.2) is 4.98 Å². The van der Waals surface area contributed by atoms with Gasteiger partial charge in [-0.1, -0.05) is 0 Å². The van der Waals surface area contributed by atoms with Gasteiger partial charge < -0.3 is 0 Å². The fourth-order valence-electron chi connectivity index (χ4n) is 0.361. The molecule has 0 radical (unpaired) electrons. The molecule has 0 amide bonds. The van der Waals surface area contributed by atoms with E-state index in [1.54, 1.807) is 17.5 Å². The van der Waals surface area contributed by atoms with Gasteiger partial charge >= 0.3 is 0 Å². The highest BCUT2D eigenvalue weighted by Gasteiger charge is 1.93. The molecule has 0 saturated heterocycles. The quantitative estimate of drug-likeness (QED) is 0.702. The van der Waals surface area contributed by atoms with Gasteiger partial charge in [-0.2, -0.15) is 12.6 Å². The Hall–Kier alpha value is 0.460. The number of thiazole rings is 1. The van der Waals surface area contributed by atoms with Crippen molar-refractivity contribution in [3.8, 4) is 0 Å². The largest absolute Gasteiger partial charge is 0.248 e. The summed E-state index contributed by atoms with van der Waals surface area (Å²) in [7, 11) is 0. The highest BCUT2D eigenvalue weighted by atomic mass is 79.9. The first-order valence-corrected chi connectivity index (χ1v) is 4.28. The second-order valence-corrected chi connectivity index (χ2v) is 4.03. The minimum atomic E-state index is 0.732. The molecule has 0 aromatic carbocycles. The van der Waals surface area contributed by atoms with E-state index in [-0.39, 0.29) is 0 Å². The zero-order valence-electron chi connectivity index (χ0n) is 3.97. The summed E-state index contributed by atoms with van der Waals surface area (Å²) >= 11 is 8.96. The number of hydrogen-bond donors (Lipinski definition) is 1. The summed E-state index contributed by atoms with van der Waals surface area (Å²) in [6.07, 6.45) is 1.79. The normalized spacial score (nSPS) is 9.75. The molecule has 0 spiro atoms. The molecule has 1 aromatic rings. The van der Waals surface area contributed by atoms with Crippen molar-refractivity contribution in [2.24, 2.45) is 0 Å². The summed E-state index contributed by atoms with van der Waals surface area (Å²) in [6, 6.07) is 0. The van der Waals surface area contributed by atoms with E-state index in [2.05, 4.69) is 33.5 Å². The van der Waals surface area contributed by atoms with Crippen molar-refractivity contribution >= 4 is 39.9 Å². The predicted molar refractivity (Wildman–Crippen MR) is 42.5 cm³/mol. The van der Waals surface area contributed by atoms with Gasteiger partial charge in [-0.15, -0.1) is 11.3 Å². The summed E-state index contributed by atoms with van der Waals surface area (Å²) in [5, 5.41) is 1.06. The highest BCUT2D eigenvalue weighted by molar-refractivity contribution is 9.11. The Morgan fingerprint density at radius 3 is 2.88 bits per heavy atom. The van der Waals surface area contributed by atoms with Crippen LogP contribution in [0.3, 0.4) is 0 Å². The van der Waals surface area contributed by atoms with Gasteiger partial charge in [-0.3, -0.25) is 0 Å². The van der Waals surface area contributed by atoms with Crippen LogP contribution in [0.1, 0.15) is 5.01 Å². The van der Waals surface area contributed by atoms with Crippen LogP contribution >= 0.6 is 39.9 Å². The first-order chi connectivity index (χ1) is 3.83. The lowest BCUT2D eigenvalue weighted by molar-refractivity contribution is 1.27. The number of nitrogens with zero attached hydrogens (tertiary/aromatic N) is 1. The Balaban J connectivity index is 2.84. The molecule has 0 bridgehead atoms. The van der Waals surface area contributed by atoms with Gasteiger partial charge in [0.1, 0.15) is 5.01 Å². The SMILES string of the molecule is SCc1ncc(Br)s1. The van der Waals surface area contributed by atoms with Crippen molar-refractivity contribution in [3.05, 3.63) is 15.0 Å². The maximum atomic E-state index is 4.05. The molecule has 0 aliphatic carbocycles. The van der Waals surface area contributed by atoms with E-state index in [1.165, 1.54) is 0 Å². The summed E-state index contributed by atoms with van der Waals surface area (Å²) in [4.78, 5) is 4.03. The maximum absolute atomic E-state index is 4.05. The Morgan fingerprint density at radius 1 is 1.88 bits per heavy atom. The van der Waals surface area contributed by atoms with Crippen LogP contribution in [0, 0.1) is 0 Å². The third kappa shape index (κ3) is 1.47. The molecule has 0 aliphatic rings. The van der Waals surface area contributed by atoms with E-state index >= 15 is 0 Å². The van der Waals surface area contributed by atoms with Crippen LogP contribution in [0.4, 0.5) is 0 Å². The molecule has 0 saturated carbocycles. The Bertz CT molecular complexity index is 174. The van der Waals surface area contributed by atoms with Crippen LogP contribution < -0.4 is 0 Å². The number of aromatic nitrogens is 1. The van der Waals surface area contributed by atoms with Crippen molar-refractivity contribution in [1.29, 1.82) is 0 Å². The average molecular weight is 210 g/mol. The van der Waals surface area contributed by atoms with Gasteiger partial charge in [0, 0.05) is 5.75 Å². The zero-order valence-corrected chi connectivity index (χ0v) is 7.26. The second-order valence-electron chi connectivity index (χ2n) is 1.22. The number of rotatable bonds is 1. The molecule has 0 fully saturated rings. The third-order valence-electron chi connectivity index (χ3n) is 0.661. The summed E-state index contributed by atoms with van der Waals surface area (Å²) < 4.78 is 1.07. The van der Waals surface area contributed by atoms with E-state index in [1.807, 2.05) is 0 Å². The van der Waals surface area contributed by atoms with Crippen molar-refractivity contribution in [1.82, 2.24) is 4.98 Å². The Labute approximate surface area is 65.7 Å². The Morgan fingerprint density at radius 2 is 2.62 bits per heavy atom. The van der Waals surface area contributed by atoms with E-state index in [0.717, 1.165) is 14.5 Å². The molecule has 44 valence electrons. The van der Waals surface area contributed by atoms with Crippen LogP contribution in [-0.4, -0.2) is 4.98 Å². The van der Waals surface area contributed by atoms with Crippen LogP contribution in [0.5, 0.6) is 0 Å². The fraction of sp³-hybridized carbons (Fsp3) is 0.250. The molecular formula is C4H4BrNS2. The lowest BCUT2D eigenvalue weighted by atomic mass is 10.8. The lowest BCUT2D eigenvalue weighted by Crippen LogP contribution is -1.67. The van der Waals surface area contributed by atoms with E-state index in [4.69, 9.17) is 0 Å². The minimum absolute atomic E-state index is 0.732. The number of thiol groups is 1. The first kappa shape index (κ1) is 6.58. The smallest absolute Gasteiger partial charge is 0.103 e. The van der Waals surface area contributed by atoms with Crippen LogP contribution in [0.15, 0.2) is 9.98 Å². The van der Waals surface area contributed by atoms with Crippen LogP contribution in [0.2, 0.25) is 0 Å². The summed E-state index contributed by atoms with van der Waals surface area (Å²) in [6.45, 7) is 0. The molecule has 8 heavy (non-hydrogen) atoms. The molecule has 1 nitrogen and oxygen atoms in total. The average Bonchev–Trinajstić information content (AvgIpc) is 2.14. The lowest BCUT2D eigenvalue weighted by Gasteiger charge is -1.77. The van der Waals surface area contributed by atoms with Crippen LogP contribution in [-0.2, 0) is 5.75 Å². The van der Waals surface area contributed by atoms with Gasteiger partial charge in [0.05, 0.1) is 9.98 Å². The van der Waals surface area contributed by atoms with E-state index in [0.29, 0.717) is 0 Å². The molecular weight excluding hydrogens is 206 g/mol. The first-order valence-electron chi connectivity index (χ1n) is 2.04. The zero-order chi connectivity index (χ0) is 5.98. The van der Waals surface area contributed by atoms with Crippen molar-refractivity contribution in [2.75, 3.05) is 0 Å². The standard InChI is InChI=1S/C4H4BrNS2/c5-3-1-6-4(2-7)8-3/h1,7H,2H2. The molecule has 0 unspecified atom stereocenters. The van der Waals surface area contributed by atoms with Gasteiger partial charge in [0.15, 0.2) is 0 Å². The van der Waals surface area contributed by atoms with Crippen LogP contribution in [0.25, 0.3) is 0 Å². The predicted octanol–water partition coefficient (Wildman–Crippen LogP) is 2.34. The minimum Gasteiger partial charge on any atom is -0.248 e. The highest BCUT2D eigenvalue weighted by Crippen LogP contribution is 2.19. The molecule has 1 rings (SSSR count). The third-order valence-corrected chi connectivity index (χ3v) is 2.65. The molecule has 0 aliphatic heterocycles.